The molecule has 0 aliphatic heterocycles. The molecule has 0 aliphatic carbocycles. The summed E-state index contributed by atoms with van der Waals surface area (Å²) in [5.41, 5.74) is -0.0894. The van der Waals surface area contributed by atoms with E-state index in [-0.39, 0.29) is 41.1 Å². The molecule has 14 heteroatoms. The molecule has 3 aromatic rings. The fraction of sp³-hybridized carbons (Fsp3) is 0.200. The zero-order valence-corrected chi connectivity index (χ0v) is 20.0. The summed E-state index contributed by atoms with van der Waals surface area (Å²) in [5, 5.41) is 19.9. The summed E-state index contributed by atoms with van der Waals surface area (Å²) >= 11 is 17.8. The predicted octanol–water partition coefficient (Wildman–Crippen LogP) is 2.61. The van der Waals surface area contributed by atoms with E-state index in [4.69, 9.17) is 40.2 Å². The standard InChI is InChI=1S/C20H19Cl3N8O3/c1-31(19(34)11-7-15(32)29-30-17(11)23)5-4-25-16-14(8-24)27-20(28-18(16)33)26-9-10-2-3-12(21)13(22)6-10/h2-3,6-8,24-25H,4-5,9H2,1H3,(H,29,32)(H2,26,27,28,33). The number of nitrogens with zero attached hydrogens (tertiary/aromatic N) is 3. The molecule has 3 rings (SSSR count). The smallest absolute Gasteiger partial charge is 0.276 e. The van der Waals surface area contributed by atoms with E-state index in [9.17, 15) is 14.4 Å². The maximum absolute atomic E-state index is 12.6. The Morgan fingerprint density at radius 2 is 1.94 bits per heavy atom. The lowest BCUT2D eigenvalue weighted by atomic mass is 10.2. The van der Waals surface area contributed by atoms with Crippen LogP contribution in [0.5, 0.6) is 0 Å². The first-order valence-corrected chi connectivity index (χ1v) is 10.9. The quantitative estimate of drug-likeness (QED) is 0.268. The molecule has 0 fully saturated rings. The lowest BCUT2D eigenvalue weighted by Gasteiger charge is -2.18. The van der Waals surface area contributed by atoms with Crippen molar-refractivity contribution in [2.45, 2.75) is 6.54 Å². The van der Waals surface area contributed by atoms with Gasteiger partial charge in [0, 0.05) is 39.0 Å². The molecule has 0 atom stereocenters. The highest BCUT2D eigenvalue weighted by Crippen LogP contribution is 2.23. The Balaban J connectivity index is 1.64. The monoisotopic (exact) mass is 524 g/mol. The van der Waals surface area contributed by atoms with Crippen LogP contribution in [0.15, 0.2) is 33.9 Å². The van der Waals surface area contributed by atoms with E-state index in [2.05, 4.69) is 30.8 Å². The van der Waals surface area contributed by atoms with Crippen LogP contribution in [-0.4, -0.2) is 57.3 Å². The van der Waals surface area contributed by atoms with E-state index < -0.39 is 17.0 Å². The Morgan fingerprint density at radius 3 is 2.65 bits per heavy atom. The molecule has 0 saturated heterocycles. The Labute approximate surface area is 208 Å². The van der Waals surface area contributed by atoms with Crippen LogP contribution in [0.4, 0.5) is 11.6 Å². The van der Waals surface area contributed by atoms with E-state index >= 15 is 0 Å². The van der Waals surface area contributed by atoms with Gasteiger partial charge < -0.3 is 20.9 Å². The first kappa shape index (κ1) is 25.2. The summed E-state index contributed by atoms with van der Waals surface area (Å²) in [6, 6.07) is 6.19. The van der Waals surface area contributed by atoms with Crippen molar-refractivity contribution in [2.75, 3.05) is 30.8 Å². The molecular formula is C20H19Cl3N8O3. The number of carbonyl (C=O) groups excluding carboxylic acids is 1. The SMILES string of the molecule is CN(CCNc1c(C=N)nc(NCc2ccc(Cl)c(Cl)c2)[nH]c1=O)C(=O)c1cc(=O)[nH]nc1Cl. The maximum atomic E-state index is 12.6. The Bertz CT molecular complexity index is 1340. The van der Waals surface area contributed by atoms with Crippen molar-refractivity contribution in [2.24, 2.45) is 0 Å². The van der Waals surface area contributed by atoms with Crippen molar-refractivity contribution in [3.05, 3.63) is 77.0 Å². The van der Waals surface area contributed by atoms with E-state index in [0.29, 0.717) is 16.6 Å². The molecule has 0 bridgehead atoms. The summed E-state index contributed by atoms with van der Waals surface area (Å²) in [6.45, 7) is 0.644. The number of rotatable bonds is 9. The normalized spacial score (nSPS) is 10.6. The summed E-state index contributed by atoms with van der Waals surface area (Å²) < 4.78 is 0. The Morgan fingerprint density at radius 1 is 1.18 bits per heavy atom. The number of benzene rings is 1. The lowest BCUT2D eigenvalue weighted by molar-refractivity contribution is 0.0800. The highest BCUT2D eigenvalue weighted by Gasteiger charge is 2.17. The predicted molar refractivity (Wildman–Crippen MR) is 132 cm³/mol. The Hall–Kier alpha value is -3.41. The van der Waals surface area contributed by atoms with Gasteiger partial charge in [-0.15, -0.1) is 0 Å². The van der Waals surface area contributed by atoms with Gasteiger partial charge in [0.2, 0.25) is 5.95 Å². The molecule has 2 aromatic heterocycles. The zero-order chi connectivity index (χ0) is 24.8. The number of carbonyl (C=O) groups is 1. The molecule has 2 heterocycles. The summed E-state index contributed by atoms with van der Waals surface area (Å²) in [4.78, 5) is 44.6. The van der Waals surface area contributed by atoms with Crippen LogP contribution in [-0.2, 0) is 6.54 Å². The minimum atomic E-state index is -0.555. The van der Waals surface area contributed by atoms with E-state index in [1.807, 2.05) is 0 Å². The van der Waals surface area contributed by atoms with Crippen molar-refractivity contribution < 1.29 is 4.79 Å². The zero-order valence-electron chi connectivity index (χ0n) is 17.7. The fourth-order valence-electron chi connectivity index (χ4n) is 2.88. The van der Waals surface area contributed by atoms with Gasteiger partial charge in [-0.3, -0.25) is 19.4 Å². The number of halogens is 3. The van der Waals surface area contributed by atoms with Gasteiger partial charge in [0.15, 0.2) is 5.15 Å². The number of aromatic amines is 2. The van der Waals surface area contributed by atoms with Gasteiger partial charge in [-0.25, -0.2) is 10.1 Å². The van der Waals surface area contributed by atoms with Gasteiger partial charge in [-0.1, -0.05) is 40.9 Å². The van der Waals surface area contributed by atoms with Crippen LogP contribution in [0.1, 0.15) is 21.6 Å². The molecule has 1 amide bonds. The van der Waals surface area contributed by atoms with Gasteiger partial charge in [-0.2, -0.15) is 5.10 Å². The molecule has 11 nitrogen and oxygen atoms in total. The van der Waals surface area contributed by atoms with Crippen LogP contribution in [0.2, 0.25) is 15.2 Å². The number of nitrogens with one attached hydrogen (secondary N) is 5. The van der Waals surface area contributed by atoms with Crippen molar-refractivity contribution in [1.82, 2.24) is 25.1 Å². The van der Waals surface area contributed by atoms with Gasteiger partial charge in [-0.05, 0) is 17.7 Å². The summed E-state index contributed by atoms with van der Waals surface area (Å²) in [6.07, 6.45) is 0.943. The fourth-order valence-corrected chi connectivity index (χ4v) is 3.38. The summed E-state index contributed by atoms with van der Waals surface area (Å²) in [5.74, 6) is -0.338. The molecule has 5 N–H and O–H groups in total. The minimum absolute atomic E-state index is 0.0370. The third-order valence-electron chi connectivity index (χ3n) is 4.62. The number of amides is 1. The molecular weight excluding hydrogens is 507 g/mol. The molecule has 34 heavy (non-hydrogen) atoms. The highest BCUT2D eigenvalue weighted by atomic mass is 35.5. The largest absolute Gasteiger partial charge is 0.377 e. The second kappa shape index (κ2) is 11.1. The lowest BCUT2D eigenvalue weighted by Crippen LogP contribution is -2.33. The van der Waals surface area contributed by atoms with Crippen LogP contribution in [0.25, 0.3) is 0 Å². The minimum Gasteiger partial charge on any atom is -0.377 e. The molecule has 1 aromatic carbocycles. The Kier molecular flexibility index (Phi) is 8.26. The van der Waals surface area contributed by atoms with Crippen LogP contribution >= 0.6 is 34.8 Å². The third kappa shape index (κ3) is 6.13. The van der Waals surface area contributed by atoms with Gasteiger partial charge in [0.1, 0.15) is 11.4 Å². The van der Waals surface area contributed by atoms with Crippen molar-refractivity contribution >= 4 is 58.6 Å². The first-order chi connectivity index (χ1) is 16.2. The van der Waals surface area contributed by atoms with Crippen LogP contribution in [0, 0.1) is 5.41 Å². The number of anilines is 2. The maximum Gasteiger partial charge on any atom is 0.276 e. The van der Waals surface area contributed by atoms with Gasteiger partial charge in [0.05, 0.1) is 15.6 Å². The number of aromatic nitrogens is 4. The number of likely N-dealkylation sites (N-methyl/N-ethyl adjacent to an activating group) is 1. The average Bonchev–Trinajstić information content (AvgIpc) is 2.81. The van der Waals surface area contributed by atoms with E-state index in [0.717, 1.165) is 17.8 Å². The first-order valence-electron chi connectivity index (χ1n) is 9.76. The molecule has 0 unspecified atom stereocenters. The third-order valence-corrected chi connectivity index (χ3v) is 5.64. The second-order valence-corrected chi connectivity index (χ2v) is 8.18. The van der Waals surface area contributed by atoms with Crippen LogP contribution in [0.3, 0.4) is 0 Å². The average molecular weight is 526 g/mol. The number of hydrogen-bond donors (Lipinski definition) is 5. The molecule has 0 spiro atoms. The van der Waals surface area contributed by atoms with E-state index in [1.165, 1.54) is 11.9 Å². The molecule has 0 saturated carbocycles. The van der Waals surface area contributed by atoms with Gasteiger partial charge in [0.25, 0.3) is 17.0 Å². The topological polar surface area (TPSA) is 160 Å². The van der Waals surface area contributed by atoms with Crippen molar-refractivity contribution in [3.8, 4) is 0 Å². The highest BCUT2D eigenvalue weighted by molar-refractivity contribution is 6.42. The number of hydrogen-bond acceptors (Lipinski definition) is 8. The van der Waals surface area contributed by atoms with Crippen molar-refractivity contribution in [3.63, 3.8) is 0 Å². The van der Waals surface area contributed by atoms with Gasteiger partial charge >= 0.3 is 0 Å². The summed E-state index contributed by atoms with van der Waals surface area (Å²) in [7, 11) is 1.51. The molecule has 0 radical (unpaired) electrons. The molecule has 178 valence electrons. The van der Waals surface area contributed by atoms with Crippen molar-refractivity contribution in [1.29, 1.82) is 5.41 Å². The van der Waals surface area contributed by atoms with E-state index in [1.54, 1.807) is 18.2 Å². The van der Waals surface area contributed by atoms with Crippen LogP contribution < -0.4 is 21.8 Å². The molecule has 0 aliphatic rings. The second-order valence-electron chi connectivity index (χ2n) is 7.01. The number of H-pyrrole nitrogens is 2.